The molecule has 1 fully saturated rings. The Labute approximate surface area is 527 Å². The highest BCUT2D eigenvalue weighted by Gasteiger charge is 2.46. The second kappa shape index (κ2) is 29.9. The first-order valence-corrected chi connectivity index (χ1v) is 34.8. The zero-order valence-electron chi connectivity index (χ0n) is 50.3. The lowest BCUT2D eigenvalue weighted by molar-refractivity contribution is -0.438. The molecule has 3 aliphatic heterocycles. The molecule has 3 unspecified atom stereocenters. The lowest BCUT2D eigenvalue weighted by atomic mass is 9.81. The van der Waals surface area contributed by atoms with Gasteiger partial charge in [-0.05, 0) is 93.6 Å². The number of fused-ring (bicyclic) bond motifs is 2. The number of aliphatic hydroxyl groups excluding tert-OH is 1. The van der Waals surface area contributed by atoms with Gasteiger partial charge < -0.3 is 50.1 Å². The summed E-state index contributed by atoms with van der Waals surface area (Å²) in [4.78, 5) is 81.2. The second-order valence-electron chi connectivity index (χ2n) is 22.4. The monoisotopic (exact) mass is 1370 g/mol. The van der Waals surface area contributed by atoms with Crippen molar-refractivity contribution in [2.45, 2.75) is 132 Å². The minimum Gasteiger partial charge on any atom is -0.390 e. The number of nitrogens with one attached hydrogen (secondary N) is 1. The third-order valence-electron chi connectivity index (χ3n) is 15.1. The molecule has 0 bridgehead atoms. The van der Waals surface area contributed by atoms with Crippen LogP contribution in [0, 0.1) is 27.9 Å². The van der Waals surface area contributed by atoms with Crippen molar-refractivity contribution in [3.8, 4) is 11.8 Å². The smallest absolute Gasteiger partial charge is 0.390 e. The number of phosphoric acid groups is 3. The van der Waals surface area contributed by atoms with E-state index in [2.05, 4.69) is 81.0 Å². The average molecular weight is 1370 g/mol. The Morgan fingerprint density at radius 1 is 1.00 bits per heavy atom. The first kappa shape index (κ1) is 72.3. The number of ether oxygens (including phenoxy) is 2. The average Bonchev–Trinajstić information content (AvgIpc) is 1.60. The van der Waals surface area contributed by atoms with E-state index in [9.17, 15) is 61.3 Å². The molecule has 91 heavy (non-hydrogen) atoms. The minimum atomic E-state index is -5.83. The van der Waals surface area contributed by atoms with Crippen molar-refractivity contribution in [1.82, 2.24) is 14.9 Å². The molecule has 3 aromatic carbocycles. The molecule has 0 saturated carbocycles. The Morgan fingerprint density at radius 2 is 1.74 bits per heavy atom. The SMILES string of the molecule is CCN1C(=CC=CC=CC2=[N+](CCCCCC(=O)NCC#Cc3ccc(C(OCc4cn([C@H]5C[C@@H](O)[C@@H](COP(=O)(O)OP(=O)(O)OP(=O)(O)O)O5)c(=O)nc4N)C(C)C)c([N+](=O)[O-])c3)c3ccc(S(=O)(=O)O)cc3C2(C)C)C(C)(C)c2cc(SOOO)ccc21. The molecule has 10 N–H and O–H groups in total. The minimum absolute atomic E-state index is 0.0564. The number of nitro benzene ring substituents is 1. The van der Waals surface area contributed by atoms with E-state index in [0.29, 0.717) is 25.8 Å². The number of phosphoric ester groups is 1. The summed E-state index contributed by atoms with van der Waals surface area (Å²) < 4.78 is 101. The van der Waals surface area contributed by atoms with Crippen molar-refractivity contribution >= 4 is 80.1 Å². The van der Waals surface area contributed by atoms with Crippen LogP contribution in [0.15, 0.2) is 111 Å². The predicted molar refractivity (Wildman–Crippen MR) is 330 cm³/mol. The van der Waals surface area contributed by atoms with E-state index in [1.807, 2.05) is 56.4 Å². The van der Waals surface area contributed by atoms with Crippen LogP contribution in [-0.2, 0) is 78.0 Å². The van der Waals surface area contributed by atoms with Gasteiger partial charge >= 0.3 is 29.2 Å². The van der Waals surface area contributed by atoms with Crippen molar-refractivity contribution in [3.63, 3.8) is 0 Å². The number of aromatic nitrogens is 2. The van der Waals surface area contributed by atoms with Crippen molar-refractivity contribution in [1.29, 1.82) is 0 Å². The van der Waals surface area contributed by atoms with E-state index < -0.39 is 80.8 Å². The van der Waals surface area contributed by atoms with Gasteiger partial charge in [-0.3, -0.25) is 28.6 Å². The molecule has 494 valence electrons. The van der Waals surface area contributed by atoms with Crippen molar-refractivity contribution in [2.24, 2.45) is 5.92 Å². The van der Waals surface area contributed by atoms with Crippen LogP contribution in [0.25, 0.3) is 0 Å². The highest BCUT2D eigenvalue weighted by molar-refractivity contribution is 7.94. The van der Waals surface area contributed by atoms with Gasteiger partial charge in [0.25, 0.3) is 15.8 Å². The maximum atomic E-state index is 13.0. The predicted octanol–water partition coefficient (Wildman–Crippen LogP) is 8.23. The van der Waals surface area contributed by atoms with Gasteiger partial charge in [0.2, 0.25) is 11.6 Å². The van der Waals surface area contributed by atoms with Gasteiger partial charge in [0.15, 0.2) is 5.71 Å². The van der Waals surface area contributed by atoms with Crippen molar-refractivity contribution < 1.29 is 103 Å². The third kappa shape index (κ3) is 18.4. The van der Waals surface area contributed by atoms with Crippen LogP contribution in [0.5, 0.6) is 0 Å². The number of benzene rings is 3. The summed E-state index contributed by atoms with van der Waals surface area (Å²) in [5.41, 5.74) is 9.94. The zero-order chi connectivity index (χ0) is 67.0. The fourth-order valence-corrected chi connectivity index (χ4v) is 14.7. The topological polar surface area (TPSA) is 431 Å². The standard InChI is InChI=1S/C56H70N7O23P3S2/c1-8-60-43-24-21-38(90-84-83-69)29-41(43)55(4,5)48(60)17-11-9-12-18-49-56(6,7)42-30-39(91(77,78)79)22-25-44(42)61(49)27-14-10-13-19-50(65)58-26-15-16-36-20-23-40(45(28-36)63(67)68)52(35(2)3)80-33-37-32-62(54(66)59-53(37)57)51-31-46(64)47(82-51)34-81-88(73,74)86-89(75,76)85-87(70,71)72/h9,11-12,17-18,20-25,28-30,32,35,46-47,51-52,64H,8,10,13-14,19,26-27,31,33-34H2,1-7H3,(H8-,57,58,59,65,66,69,70,71,72,73,74,75,76,77,78,79)/p+1/t46-,47-,51-,52?/m1/s1. The number of nitrogens with zero attached hydrogens (tertiary/aromatic N) is 5. The Bertz CT molecular complexity index is 3930. The molecule has 1 aromatic heterocycles. The molecule has 1 amide bonds. The van der Waals surface area contributed by atoms with E-state index in [1.54, 1.807) is 26.0 Å². The summed E-state index contributed by atoms with van der Waals surface area (Å²) in [5.74, 6) is 4.77. The zero-order valence-corrected chi connectivity index (χ0v) is 54.6. The molecule has 3 aliphatic rings. The molecular weight excluding hydrogens is 1300 g/mol. The van der Waals surface area contributed by atoms with Crippen LogP contribution in [0.4, 0.5) is 22.9 Å². The van der Waals surface area contributed by atoms with Gasteiger partial charge in [-0.1, -0.05) is 62.8 Å². The molecule has 0 radical (unpaired) electrons. The molecule has 4 heterocycles. The number of unbranched alkanes of at least 4 members (excludes halogenated alkanes) is 2. The van der Waals surface area contributed by atoms with Crippen LogP contribution in [-0.4, -0.2) is 112 Å². The second-order valence-corrected chi connectivity index (χ2v) is 29.1. The summed E-state index contributed by atoms with van der Waals surface area (Å²) in [5, 5.41) is 38.3. The highest BCUT2D eigenvalue weighted by atomic mass is 32.2. The van der Waals surface area contributed by atoms with E-state index in [1.165, 1.54) is 30.5 Å². The van der Waals surface area contributed by atoms with Gasteiger partial charge in [0.1, 0.15) is 24.7 Å². The van der Waals surface area contributed by atoms with E-state index >= 15 is 0 Å². The number of rotatable bonds is 29. The summed E-state index contributed by atoms with van der Waals surface area (Å²) in [6.45, 7) is 13.7. The number of nitrogens with two attached hydrogens (primary N) is 1. The highest BCUT2D eigenvalue weighted by Crippen LogP contribution is 2.66. The molecule has 4 aromatic rings. The van der Waals surface area contributed by atoms with Gasteiger partial charge in [0, 0.05) is 88.6 Å². The molecule has 35 heteroatoms. The summed E-state index contributed by atoms with van der Waals surface area (Å²) in [6, 6.07) is 14.8. The normalized spacial score (nSPS) is 20.0. The van der Waals surface area contributed by atoms with Crippen LogP contribution in [0.3, 0.4) is 0 Å². The lowest BCUT2D eigenvalue weighted by Crippen LogP contribution is -2.29. The Kier molecular flexibility index (Phi) is 23.7. The Hall–Kier alpha value is -6.11. The maximum absolute atomic E-state index is 13.0. The number of hydrogen-bond acceptors (Lipinski definition) is 22. The number of likely N-dealkylation sites (N-methyl/N-ethyl adjacent to an activating group) is 1. The molecule has 1 saturated heterocycles. The summed E-state index contributed by atoms with van der Waals surface area (Å²) >= 11 is 0.897. The number of amides is 1. The summed E-state index contributed by atoms with van der Waals surface area (Å²) in [6.07, 6.45) is 7.59. The number of hydrogen-bond donors (Lipinski definition) is 9. The molecular formula is C56H71N7O23P3S2+. The van der Waals surface area contributed by atoms with Crippen LogP contribution >= 0.6 is 35.5 Å². The molecule has 7 rings (SSSR count). The molecule has 6 atom stereocenters. The Balaban J connectivity index is 0.938. The third-order valence-corrected chi connectivity index (χ3v) is 20.3. The fourth-order valence-electron chi connectivity index (χ4n) is 10.8. The van der Waals surface area contributed by atoms with Crippen LogP contribution in [0.2, 0.25) is 0 Å². The van der Waals surface area contributed by atoms with E-state index in [0.717, 1.165) is 62.0 Å². The number of anilines is 2. The largest absolute Gasteiger partial charge is 0.490 e. The van der Waals surface area contributed by atoms with Crippen LogP contribution < -0.4 is 21.6 Å². The number of nitro groups is 1. The lowest BCUT2D eigenvalue weighted by Gasteiger charge is -2.25. The van der Waals surface area contributed by atoms with Crippen LogP contribution in [0.1, 0.15) is 121 Å². The molecule has 30 nitrogen and oxygen atoms in total. The fraction of sp³-hybridized carbons (Fsp3) is 0.429. The van der Waals surface area contributed by atoms with Crippen molar-refractivity contribution in [2.75, 3.05) is 36.9 Å². The van der Waals surface area contributed by atoms with Gasteiger partial charge in [0.05, 0.1) is 64.8 Å². The molecule has 0 spiro atoms. The van der Waals surface area contributed by atoms with E-state index in [4.69, 9.17) is 30.3 Å². The molecule has 0 aliphatic carbocycles. The first-order valence-electron chi connectivity index (χ1n) is 28.1. The maximum Gasteiger partial charge on any atom is 0.490 e. The summed E-state index contributed by atoms with van der Waals surface area (Å²) in [7, 11) is -21.5. The Morgan fingerprint density at radius 3 is 2.41 bits per heavy atom. The number of aliphatic hydroxyl groups is 1. The number of carbonyl (C=O) groups excluding carboxylic acids is 1. The van der Waals surface area contributed by atoms with Gasteiger partial charge in [-0.25, -0.2) is 23.7 Å². The van der Waals surface area contributed by atoms with Crippen molar-refractivity contribution in [3.05, 3.63) is 145 Å². The van der Waals surface area contributed by atoms with E-state index in [-0.39, 0.29) is 76.3 Å². The first-order chi connectivity index (χ1) is 42.6. The number of carbonyl (C=O) groups is 1. The number of nitrogen functional groups attached to an aromatic ring is 1. The van der Waals surface area contributed by atoms with Gasteiger partial charge in [-0.2, -0.15) is 26.6 Å². The quantitative estimate of drug-likeness (QED) is 0.00236. The van der Waals surface area contributed by atoms with Gasteiger partial charge in [-0.15, -0.1) is 4.33 Å². The number of allylic oxidation sites excluding steroid dienone is 6.